The Hall–Kier alpha value is -2.71. The molecule has 1 aromatic rings. The van der Waals surface area contributed by atoms with Crippen molar-refractivity contribution in [2.24, 2.45) is 0 Å². The summed E-state index contributed by atoms with van der Waals surface area (Å²) in [6.45, 7) is 0. The van der Waals surface area contributed by atoms with Crippen LogP contribution in [0.1, 0.15) is 10.6 Å². The molecule has 0 spiro atoms. The van der Waals surface area contributed by atoms with Gasteiger partial charge in [-0.05, 0) is 6.07 Å². The third kappa shape index (κ3) is 4.50. The number of nitrogens with zero attached hydrogens (tertiary/aromatic N) is 1. The molecule has 1 rings (SSSR count). The van der Waals surface area contributed by atoms with E-state index in [1.807, 2.05) is 0 Å². The van der Waals surface area contributed by atoms with Crippen LogP contribution in [-0.2, 0) is 9.59 Å². The summed E-state index contributed by atoms with van der Waals surface area (Å²) in [6.07, 6.45) is 0.410. The molecule has 9 nitrogen and oxygen atoms in total. The zero-order chi connectivity index (χ0) is 12.7. The summed E-state index contributed by atoms with van der Waals surface area (Å²) in [6, 6.07) is 2.37. The molecule has 0 unspecified atom stereocenters. The predicted octanol–water partition coefficient (Wildman–Crippen LogP) is 0.156. The summed E-state index contributed by atoms with van der Waals surface area (Å²) in [7, 11) is 0. The number of furan rings is 1. The van der Waals surface area contributed by atoms with Crippen molar-refractivity contribution in [2.45, 2.75) is 0 Å². The molecule has 0 aliphatic carbocycles. The van der Waals surface area contributed by atoms with Gasteiger partial charge in [-0.3, -0.25) is 14.9 Å². The van der Waals surface area contributed by atoms with Crippen LogP contribution in [0.4, 0.5) is 5.88 Å². The molecule has 0 saturated carbocycles. The van der Waals surface area contributed by atoms with Gasteiger partial charge >= 0.3 is 17.8 Å². The number of aliphatic carboxylic acids is 2. The second-order valence-electron chi connectivity index (χ2n) is 2.16. The Balaban J connectivity index is 0.000000325. The summed E-state index contributed by atoms with van der Waals surface area (Å²) < 4.78 is 4.43. The largest absolute Gasteiger partial charge is 0.473 e. The Bertz CT molecular complexity index is 408. The highest BCUT2D eigenvalue weighted by molar-refractivity contribution is 6.27. The molecule has 0 atom stereocenters. The Kier molecular flexibility index (Phi) is 4.90. The van der Waals surface area contributed by atoms with Crippen LogP contribution in [0.15, 0.2) is 16.5 Å². The number of hydrogen-bond donors (Lipinski definition) is 2. The lowest BCUT2D eigenvalue weighted by atomic mass is 10.5. The van der Waals surface area contributed by atoms with Crippen molar-refractivity contribution in [2.75, 3.05) is 0 Å². The van der Waals surface area contributed by atoms with E-state index in [1.54, 1.807) is 0 Å². The summed E-state index contributed by atoms with van der Waals surface area (Å²) in [4.78, 5) is 37.3. The van der Waals surface area contributed by atoms with Crippen molar-refractivity contribution < 1.29 is 33.9 Å². The molecule has 86 valence electrons. The fourth-order valence-corrected chi connectivity index (χ4v) is 0.504. The molecule has 0 radical (unpaired) electrons. The standard InChI is InChI=1S/C5H3NO4.C2H2O4/c7-3-4-1-2-5(10-4)6(8)9;3-1(4)2(5)6/h1-3H;(H,3,4)(H,5,6). The van der Waals surface area contributed by atoms with Crippen LogP contribution in [0.5, 0.6) is 0 Å². The van der Waals surface area contributed by atoms with Crippen LogP contribution in [0.25, 0.3) is 0 Å². The molecule has 1 aromatic heterocycles. The third-order valence-electron chi connectivity index (χ3n) is 1.09. The highest BCUT2D eigenvalue weighted by atomic mass is 16.6. The summed E-state index contributed by atoms with van der Waals surface area (Å²) in [5, 5.41) is 24.7. The molecule has 0 bridgehead atoms. The second-order valence-corrected chi connectivity index (χ2v) is 2.16. The van der Waals surface area contributed by atoms with Crippen molar-refractivity contribution >= 4 is 24.1 Å². The summed E-state index contributed by atoms with van der Waals surface area (Å²) in [5.41, 5.74) is 0. The van der Waals surface area contributed by atoms with Crippen LogP contribution in [0.2, 0.25) is 0 Å². The molecule has 0 saturated heterocycles. The Morgan fingerprint density at radius 3 is 2.00 bits per heavy atom. The van der Waals surface area contributed by atoms with Crippen LogP contribution < -0.4 is 0 Å². The van der Waals surface area contributed by atoms with Gasteiger partial charge in [0.05, 0.1) is 6.07 Å². The summed E-state index contributed by atoms with van der Waals surface area (Å²) >= 11 is 0. The molecule has 0 aliphatic heterocycles. The molecule has 16 heavy (non-hydrogen) atoms. The van der Waals surface area contributed by atoms with Crippen molar-refractivity contribution in [1.29, 1.82) is 0 Å². The minimum Gasteiger partial charge on any atom is -0.473 e. The number of nitro groups is 1. The molecular formula is C7H5NO8. The number of hydrogen-bond acceptors (Lipinski definition) is 6. The number of rotatable bonds is 2. The van der Waals surface area contributed by atoms with Gasteiger partial charge in [-0.1, -0.05) is 0 Å². The fraction of sp³-hybridized carbons (Fsp3) is 0. The van der Waals surface area contributed by atoms with Gasteiger partial charge in [0, 0.05) is 0 Å². The lowest BCUT2D eigenvalue weighted by molar-refractivity contribution is -0.402. The first-order chi connectivity index (χ1) is 7.38. The van der Waals surface area contributed by atoms with E-state index in [2.05, 4.69) is 4.42 Å². The van der Waals surface area contributed by atoms with Gasteiger partial charge in [-0.25, -0.2) is 9.59 Å². The number of carboxylic acid groups (broad SMARTS) is 2. The minimum absolute atomic E-state index is 0.0355. The van der Waals surface area contributed by atoms with Crippen molar-refractivity contribution in [3.8, 4) is 0 Å². The first-order valence-corrected chi connectivity index (χ1v) is 3.54. The quantitative estimate of drug-likeness (QED) is 0.316. The minimum atomic E-state index is -1.82. The number of aldehydes is 1. The van der Waals surface area contributed by atoms with Crippen LogP contribution in [0, 0.1) is 10.1 Å². The van der Waals surface area contributed by atoms with E-state index in [0.29, 0.717) is 6.29 Å². The van der Waals surface area contributed by atoms with Crippen molar-refractivity contribution in [3.63, 3.8) is 0 Å². The maximum Gasteiger partial charge on any atom is 0.433 e. The number of carbonyl (C=O) groups excluding carboxylic acids is 1. The SMILES string of the molecule is O=C(O)C(=O)O.O=Cc1ccc([N+](=O)[O-])o1. The molecule has 1 heterocycles. The molecule has 0 amide bonds. The number of carbonyl (C=O) groups is 3. The maximum absolute atomic E-state index is 9.93. The van der Waals surface area contributed by atoms with E-state index < -0.39 is 22.7 Å². The van der Waals surface area contributed by atoms with Crippen LogP contribution in [0.3, 0.4) is 0 Å². The normalized spacial score (nSPS) is 8.50. The predicted molar refractivity (Wildman–Crippen MR) is 46.0 cm³/mol. The van der Waals surface area contributed by atoms with E-state index in [9.17, 15) is 14.9 Å². The van der Waals surface area contributed by atoms with Crippen LogP contribution in [-0.4, -0.2) is 33.4 Å². The Morgan fingerprint density at radius 1 is 1.31 bits per heavy atom. The molecule has 0 fully saturated rings. The zero-order valence-corrected chi connectivity index (χ0v) is 7.52. The maximum atomic E-state index is 9.93. The molecule has 9 heteroatoms. The average molecular weight is 231 g/mol. The summed E-state index contributed by atoms with van der Waals surface area (Å²) in [5.74, 6) is -4.10. The molecular weight excluding hydrogens is 226 g/mol. The highest BCUT2D eigenvalue weighted by Crippen LogP contribution is 2.13. The van der Waals surface area contributed by atoms with Gasteiger partial charge in [0.2, 0.25) is 0 Å². The lowest BCUT2D eigenvalue weighted by Gasteiger charge is -1.79. The van der Waals surface area contributed by atoms with E-state index >= 15 is 0 Å². The fourth-order valence-electron chi connectivity index (χ4n) is 0.504. The second kappa shape index (κ2) is 5.90. The molecule has 0 aromatic carbocycles. The van der Waals surface area contributed by atoms with E-state index in [4.69, 9.17) is 19.8 Å². The Morgan fingerprint density at radius 2 is 1.81 bits per heavy atom. The van der Waals surface area contributed by atoms with E-state index in [1.165, 1.54) is 6.07 Å². The topological polar surface area (TPSA) is 148 Å². The zero-order valence-electron chi connectivity index (χ0n) is 7.52. The number of carboxylic acids is 2. The van der Waals surface area contributed by atoms with Gasteiger partial charge in [-0.2, -0.15) is 0 Å². The van der Waals surface area contributed by atoms with Crippen LogP contribution >= 0.6 is 0 Å². The van der Waals surface area contributed by atoms with Gasteiger partial charge in [0.1, 0.15) is 4.92 Å². The van der Waals surface area contributed by atoms with Gasteiger partial charge in [-0.15, -0.1) is 0 Å². The van der Waals surface area contributed by atoms with E-state index in [0.717, 1.165) is 6.07 Å². The monoisotopic (exact) mass is 231 g/mol. The first-order valence-electron chi connectivity index (χ1n) is 3.54. The molecule has 2 N–H and O–H groups in total. The van der Waals surface area contributed by atoms with Crippen molar-refractivity contribution in [1.82, 2.24) is 0 Å². The van der Waals surface area contributed by atoms with E-state index in [-0.39, 0.29) is 5.76 Å². The lowest BCUT2D eigenvalue weighted by Crippen LogP contribution is -2.09. The van der Waals surface area contributed by atoms with Gasteiger partial charge < -0.3 is 14.6 Å². The first kappa shape index (κ1) is 13.3. The Labute approximate surface area is 87.1 Å². The third-order valence-corrected chi connectivity index (χ3v) is 1.09. The average Bonchev–Trinajstić information content (AvgIpc) is 2.66. The smallest absolute Gasteiger partial charge is 0.433 e. The van der Waals surface area contributed by atoms with Gasteiger partial charge in [0.25, 0.3) is 0 Å². The van der Waals surface area contributed by atoms with Crippen molar-refractivity contribution in [3.05, 3.63) is 28.0 Å². The highest BCUT2D eigenvalue weighted by Gasteiger charge is 2.10. The molecule has 0 aliphatic rings. The van der Waals surface area contributed by atoms with Gasteiger partial charge in [0.15, 0.2) is 12.0 Å².